The van der Waals surface area contributed by atoms with E-state index in [2.05, 4.69) is 0 Å². The summed E-state index contributed by atoms with van der Waals surface area (Å²) in [6.07, 6.45) is 0.641. The molecule has 4 atom stereocenters. The summed E-state index contributed by atoms with van der Waals surface area (Å²) in [6, 6.07) is 0. The summed E-state index contributed by atoms with van der Waals surface area (Å²) in [5, 5.41) is 18.1. The zero-order chi connectivity index (χ0) is 6.43. The SMILES string of the molecule is O[C@@H]1C[C@@H](O)[C@H]2O[C@H]2C1. The lowest BCUT2D eigenvalue weighted by Gasteiger charge is -2.16. The molecule has 3 heteroatoms. The normalized spacial score (nSPS) is 56.7. The average Bonchev–Trinajstić information content (AvgIpc) is 2.43. The molecule has 1 aliphatic heterocycles. The second kappa shape index (κ2) is 1.68. The number of rotatable bonds is 0. The summed E-state index contributed by atoms with van der Waals surface area (Å²) in [6.45, 7) is 0. The van der Waals surface area contributed by atoms with Gasteiger partial charge in [0.15, 0.2) is 0 Å². The van der Waals surface area contributed by atoms with E-state index >= 15 is 0 Å². The molecule has 0 radical (unpaired) electrons. The molecule has 1 saturated heterocycles. The van der Waals surface area contributed by atoms with Gasteiger partial charge in [0.1, 0.15) is 6.10 Å². The summed E-state index contributed by atoms with van der Waals surface area (Å²) < 4.78 is 5.05. The average molecular weight is 130 g/mol. The van der Waals surface area contributed by atoms with E-state index in [1.807, 2.05) is 0 Å². The third-order valence-corrected chi connectivity index (χ3v) is 2.02. The van der Waals surface area contributed by atoms with Crippen LogP contribution in [0.4, 0.5) is 0 Å². The van der Waals surface area contributed by atoms with Gasteiger partial charge in [-0.2, -0.15) is 0 Å². The first-order valence-corrected chi connectivity index (χ1v) is 3.29. The van der Waals surface area contributed by atoms with Crippen LogP contribution in [0.25, 0.3) is 0 Å². The Labute approximate surface area is 53.3 Å². The Balaban J connectivity index is 1.99. The number of hydrogen-bond acceptors (Lipinski definition) is 3. The summed E-state index contributed by atoms with van der Waals surface area (Å²) in [4.78, 5) is 0. The number of epoxide rings is 1. The van der Waals surface area contributed by atoms with E-state index in [9.17, 15) is 0 Å². The lowest BCUT2D eigenvalue weighted by molar-refractivity contribution is 0.0534. The van der Waals surface area contributed by atoms with Gasteiger partial charge in [0.05, 0.1) is 18.3 Å². The van der Waals surface area contributed by atoms with Gasteiger partial charge in [0.25, 0.3) is 0 Å². The summed E-state index contributed by atoms with van der Waals surface area (Å²) in [7, 11) is 0. The Kier molecular flexibility index (Phi) is 1.06. The second-order valence-corrected chi connectivity index (χ2v) is 2.83. The Morgan fingerprint density at radius 1 is 1.22 bits per heavy atom. The van der Waals surface area contributed by atoms with Gasteiger partial charge in [-0.25, -0.2) is 0 Å². The molecule has 9 heavy (non-hydrogen) atoms. The van der Waals surface area contributed by atoms with Crippen molar-refractivity contribution in [3.63, 3.8) is 0 Å². The highest BCUT2D eigenvalue weighted by Gasteiger charge is 2.49. The molecule has 52 valence electrons. The first-order valence-electron chi connectivity index (χ1n) is 3.29. The van der Waals surface area contributed by atoms with Crippen LogP contribution in [0.2, 0.25) is 0 Å². The van der Waals surface area contributed by atoms with Gasteiger partial charge in [0, 0.05) is 12.8 Å². The fourth-order valence-corrected chi connectivity index (χ4v) is 1.46. The zero-order valence-electron chi connectivity index (χ0n) is 5.03. The Morgan fingerprint density at radius 2 is 2.00 bits per heavy atom. The molecule has 3 nitrogen and oxygen atoms in total. The van der Waals surface area contributed by atoms with Crippen molar-refractivity contribution in [2.45, 2.75) is 37.3 Å². The van der Waals surface area contributed by atoms with E-state index in [1.165, 1.54) is 0 Å². The molecule has 2 aliphatic rings. The van der Waals surface area contributed by atoms with Crippen molar-refractivity contribution in [2.24, 2.45) is 0 Å². The highest BCUT2D eigenvalue weighted by atomic mass is 16.6. The molecule has 2 N–H and O–H groups in total. The molecular formula is C6H10O3. The molecule has 0 bridgehead atoms. The quantitative estimate of drug-likeness (QED) is 0.425. The topological polar surface area (TPSA) is 53.0 Å². The van der Waals surface area contributed by atoms with E-state index in [4.69, 9.17) is 14.9 Å². The molecule has 1 heterocycles. The first-order chi connectivity index (χ1) is 4.27. The highest BCUT2D eigenvalue weighted by molar-refractivity contribution is 4.97. The molecule has 0 spiro atoms. The van der Waals surface area contributed by atoms with Crippen molar-refractivity contribution in [3.05, 3.63) is 0 Å². The second-order valence-electron chi connectivity index (χ2n) is 2.83. The predicted molar refractivity (Wildman–Crippen MR) is 29.9 cm³/mol. The monoisotopic (exact) mass is 130 g/mol. The minimum Gasteiger partial charge on any atom is -0.393 e. The van der Waals surface area contributed by atoms with Crippen LogP contribution in [-0.4, -0.2) is 34.6 Å². The molecule has 0 unspecified atom stereocenters. The van der Waals surface area contributed by atoms with Crippen LogP contribution in [0.15, 0.2) is 0 Å². The van der Waals surface area contributed by atoms with Crippen LogP contribution < -0.4 is 0 Å². The highest BCUT2D eigenvalue weighted by Crippen LogP contribution is 2.36. The zero-order valence-corrected chi connectivity index (χ0v) is 5.03. The maximum absolute atomic E-state index is 9.10. The number of aliphatic hydroxyl groups excluding tert-OH is 2. The molecule has 0 aromatic carbocycles. The van der Waals surface area contributed by atoms with Crippen molar-refractivity contribution in [3.8, 4) is 0 Å². The Bertz CT molecular complexity index is 125. The third-order valence-electron chi connectivity index (χ3n) is 2.02. The lowest BCUT2D eigenvalue weighted by Crippen LogP contribution is -2.30. The molecule has 2 fully saturated rings. The van der Waals surface area contributed by atoms with Crippen LogP contribution in [0.5, 0.6) is 0 Å². The predicted octanol–water partition coefficient (Wildman–Crippen LogP) is -0.731. The minimum atomic E-state index is -0.418. The van der Waals surface area contributed by atoms with E-state index in [0.29, 0.717) is 12.8 Å². The van der Waals surface area contributed by atoms with Gasteiger partial charge in [-0.1, -0.05) is 0 Å². The van der Waals surface area contributed by atoms with Crippen molar-refractivity contribution in [1.29, 1.82) is 0 Å². The van der Waals surface area contributed by atoms with E-state index in [-0.39, 0.29) is 18.3 Å². The van der Waals surface area contributed by atoms with E-state index in [0.717, 1.165) is 0 Å². The van der Waals surface area contributed by atoms with Gasteiger partial charge < -0.3 is 14.9 Å². The molecule has 0 aromatic rings. The van der Waals surface area contributed by atoms with Crippen LogP contribution >= 0.6 is 0 Å². The van der Waals surface area contributed by atoms with Crippen molar-refractivity contribution in [1.82, 2.24) is 0 Å². The molecule has 2 rings (SSSR count). The summed E-state index contributed by atoms with van der Waals surface area (Å²) in [5.41, 5.74) is 0. The van der Waals surface area contributed by atoms with E-state index < -0.39 is 6.10 Å². The van der Waals surface area contributed by atoms with Crippen molar-refractivity contribution in [2.75, 3.05) is 0 Å². The first kappa shape index (κ1) is 5.65. The molecule has 1 aliphatic carbocycles. The van der Waals surface area contributed by atoms with Gasteiger partial charge in [-0.05, 0) is 0 Å². The number of aliphatic hydroxyl groups is 2. The largest absolute Gasteiger partial charge is 0.393 e. The third kappa shape index (κ3) is 0.852. The van der Waals surface area contributed by atoms with Crippen LogP contribution in [0.1, 0.15) is 12.8 Å². The standard InChI is InChI=1S/C6H10O3/c7-3-1-4(8)6-5(2-3)9-6/h3-8H,1-2H2/t3-,4-,5+,6-/m1/s1. The number of hydrogen-bond donors (Lipinski definition) is 2. The summed E-state index contributed by atoms with van der Waals surface area (Å²) >= 11 is 0. The minimum absolute atomic E-state index is 0.0494. The smallest absolute Gasteiger partial charge is 0.110 e. The fourth-order valence-electron chi connectivity index (χ4n) is 1.46. The van der Waals surface area contributed by atoms with Gasteiger partial charge in [0.2, 0.25) is 0 Å². The number of ether oxygens (including phenoxy) is 1. The van der Waals surface area contributed by atoms with Crippen molar-refractivity contribution < 1.29 is 14.9 Å². The molecule has 0 aromatic heterocycles. The Hall–Kier alpha value is -0.120. The molecule has 1 saturated carbocycles. The van der Waals surface area contributed by atoms with Crippen molar-refractivity contribution >= 4 is 0 Å². The lowest BCUT2D eigenvalue weighted by atomic mass is 9.95. The summed E-state index contributed by atoms with van der Waals surface area (Å²) in [5.74, 6) is 0. The van der Waals surface area contributed by atoms with Crippen LogP contribution in [-0.2, 0) is 4.74 Å². The molecular weight excluding hydrogens is 120 g/mol. The Morgan fingerprint density at radius 3 is 2.67 bits per heavy atom. The van der Waals surface area contributed by atoms with Gasteiger partial charge >= 0.3 is 0 Å². The van der Waals surface area contributed by atoms with Gasteiger partial charge in [-0.15, -0.1) is 0 Å². The van der Waals surface area contributed by atoms with Crippen LogP contribution in [0, 0.1) is 0 Å². The van der Waals surface area contributed by atoms with Crippen LogP contribution in [0.3, 0.4) is 0 Å². The number of fused-ring (bicyclic) bond motifs is 1. The molecule has 0 amide bonds. The maximum atomic E-state index is 9.10. The van der Waals surface area contributed by atoms with E-state index in [1.54, 1.807) is 0 Å². The maximum Gasteiger partial charge on any atom is 0.110 e. The fraction of sp³-hybridized carbons (Fsp3) is 1.00. The van der Waals surface area contributed by atoms with Gasteiger partial charge in [-0.3, -0.25) is 0 Å².